The fraction of sp³-hybridized carbons (Fsp3) is 0.467. The Kier molecular flexibility index (Phi) is 8.78. The number of aliphatic hydroxyl groups excluding tert-OH is 1. The largest absolute Gasteiger partial charge is 0.497 e. The molecular weight excluding hydrogens is 520 g/mol. The number of fused-ring (bicyclic) bond motifs is 5. The Bertz CT molecular complexity index is 1250. The molecule has 0 radical (unpaired) electrons. The number of rotatable bonds is 4. The lowest BCUT2D eigenvalue weighted by Gasteiger charge is -2.31. The summed E-state index contributed by atoms with van der Waals surface area (Å²) in [6.45, 7) is 0.902. The van der Waals surface area contributed by atoms with E-state index in [4.69, 9.17) is 9.47 Å². The van der Waals surface area contributed by atoms with Gasteiger partial charge in [-0.25, -0.2) is 8.78 Å². The molecule has 2 bridgehead atoms. The predicted molar refractivity (Wildman–Crippen MR) is 144 cm³/mol. The molecule has 0 unspecified atom stereocenters. The SMILES string of the molecule is COc1ccc2c(c1)[C@@H]1C[C@H]2OCC=CC[C@H](N2CCCC2=O)C(=O)N[C@@H](Cc2cc(F)cc(F)c2)[C@H](O)CN1. The molecule has 214 valence electrons. The highest BCUT2D eigenvalue weighted by molar-refractivity contribution is 5.89. The van der Waals surface area contributed by atoms with Gasteiger partial charge >= 0.3 is 0 Å². The molecule has 5 rings (SSSR count). The van der Waals surface area contributed by atoms with Crippen molar-refractivity contribution in [2.24, 2.45) is 0 Å². The van der Waals surface area contributed by atoms with E-state index >= 15 is 0 Å². The zero-order chi connectivity index (χ0) is 28.2. The van der Waals surface area contributed by atoms with E-state index < -0.39 is 35.7 Å². The number of hydrogen-bond acceptors (Lipinski definition) is 6. The molecule has 0 saturated carbocycles. The van der Waals surface area contributed by atoms with E-state index in [2.05, 4.69) is 10.6 Å². The van der Waals surface area contributed by atoms with Crippen molar-refractivity contribution < 1.29 is 33.0 Å². The first-order valence-electron chi connectivity index (χ1n) is 13.7. The number of likely N-dealkylation sites (tertiary alicyclic amines) is 1. The Morgan fingerprint density at radius 3 is 2.62 bits per heavy atom. The summed E-state index contributed by atoms with van der Waals surface area (Å²) in [7, 11) is 1.60. The molecular formula is C30H35F2N3O5. The molecule has 2 aromatic rings. The normalized spacial score (nSPS) is 27.6. The number of benzene rings is 2. The zero-order valence-electron chi connectivity index (χ0n) is 22.4. The second-order valence-corrected chi connectivity index (χ2v) is 10.6. The van der Waals surface area contributed by atoms with Crippen molar-refractivity contribution in [1.82, 2.24) is 15.5 Å². The topological polar surface area (TPSA) is 100 Å². The number of β-amino-alcohol motifs (C(OH)–C–C–N with tert-alkyl or cyclic N) is 1. The fourth-order valence-corrected chi connectivity index (χ4v) is 5.88. The fourth-order valence-electron chi connectivity index (χ4n) is 5.88. The highest BCUT2D eigenvalue weighted by Crippen LogP contribution is 2.42. The van der Waals surface area contributed by atoms with Crippen molar-refractivity contribution in [2.45, 2.75) is 62.4 Å². The number of ether oxygens (including phenoxy) is 2. The number of hydrogen-bond donors (Lipinski definition) is 3. The van der Waals surface area contributed by atoms with Crippen LogP contribution >= 0.6 is 0 Å². The number of nitrogens with zero attached hydrogens (tertiary/aromatic N) is 1. The molecule has 5 atom stereocenters. The molecule has 0 aromatic heterocycles. The Morgan fingerprint density at radius 2 is 1.90 bits per heavy atom. The number of amides is 2. The van der Waals surface area contributed by atoms with Gasteiger partial charge in [-0.05, 0) is 66.6 Å². The average Bonchev–Trinajstić information content (AvgIpc) is 3.50. The van der Waals surface area contributed by atoms with Crippen LogP contribution in [0, 0.1) is 11.6 Å². The van der Waals surface area contributed by atoms with Crippen LogP contribution < -0.4 is 15.4 Å². The monoisotopic (exact) mass is 555 g/mol. The quantitative estimate of drug-likeness (QED) is 0.502. The molecule has 1 fully saturated rings. The van der Waals surface area contributed by atoms with Gasteiger partial charge in [-0.15, -0.1) is 0 Å². The summed E-state index contributed by atoms with van der Waals surface area (Å²) in [6, 6.07) is 7.21. The van der Waals surface area contributed by atoms with Crippen molar-refractivity contribution in [3.63, 3.8) is 0 Å². The minimum absolute atomic E-state index is 0.000580. The first-order valence-corrected chi connectivity index (χ1v) is 13.7. The molecule has 40 heavy (non-hydrogen) atoms. The van der Waals surface area contributed by atoms with Crippen LogP contribution in [0.25, 0.3) is 0 Å². The van der Waals surface area contributed by atoms with Crippen LogP contribution in [-0.4, -0.2) is 66.8 Å². The zero-order valence-corrected chi connectivity index (χ0v) is 22.4. The van der Waals surface area contributed by atoms with Gasteiger partial charge < -0.3 is 30.1 Å². The smallest absolute Gasteiger partial charge is 0.243 e. The molecule has 1 saturated heterocycles. The first-order chi connectivity index (χ1) is 19.3. The van der Waals surface area contributed by atoms with Gasteiger partial charge in [-0.1, -0.05) is 18.2 Å². The number of halogens is 2. The van der Waals surface area contributed by atoms with Gasteiger partial charge in [0.15, 0.2) is 0 Å². The summed E-state index contributed by atoms with van der Waals surface area (Å²) in [4.78, 5) is 27.7. The number of aliphatic hydroxyl groups is 1. The van der Waals surface area contributed by atoms with Crippen LogP contribution in [0.4, 0.5) is 8.78 Å². The van der Waals surface area contributed by atoms with E-state index in [1.165, 1.54) is 12.1 Å². The van der Waals surface area contributed by atoms with Crippen LogP contribution in [0.2, 0.25) is 0 Å². The van der Waals surface area contributed by atoms with Crippen molar-refractivity contribution in [3.8, 4) is 5.75 Å². The molecule has 8 nitrogen and oxygen atoms in total. The molecule has 1 aliphatic carbocycles. The maximum absolute atomic E-state index is 14.0. The third-order valence-corrected chi connectivity index (χ3v) is 7.92. The molecule has 0 spiro atoms. The maximum Gasteiger partial charge on any atom is 0.243 e. The van der Waals surface area contributed by atoms with Gasteiger partial charge in [-0.2, -0.15) is 0 Å². The van der Waals surface area contributed by atoms with Gasteiger partial charge in [0.2, 0.25) is 11.8 Å². The third kappa shape index (κ3) is 6.35. The Hall–Kier alpha value is -3.34. The summed E-state index contributed by atoms with van der Waals surface area (Å²) < 4.78 is 39.6. The van der Waals surface area contributed by atoms with E-state index in [0.29, 0.717) is 43.7 Å². The Labute approximate surface area is 232 Å². The summed E-state index contributed by atoms with van der Waals surface area (Å²) in [5.41, 5.74) is 2.35. The number of nitrogens with one attached hydrogen (secondary N) is 2. The van der Waals surface area contributed by atoms with Crippen LogP contribution in [0.5, 0.6) is 5.75 Å². The van der Waals surface area contributed by atoms with E-state index in [1.54, 1.807) is 12.0 Å². The van der Waals surface area contributed by atoms with Crippen LogP contribution in [-0.2, 0) is 20.7 Å². The van der Waals surface area contributed by atoms with Crippen LogP contribution in [0.15, 0.2) is 48.6 Å². The van der Waals surface area contributed by atoms with Gasteiger partial charge in [-0.3, -0.25) is 9.59 Å². The standard InChI is InChI=1S/C30H35F2N3O5/c1-39-21-7-8-22-23(15-21)24-16-28(22)40-10-3-2-5-26(35-9-4-6-29(35)37)30(38)34-25(27(36)17-33-24)13-18-11-19(31)14-20(32)12-18/h2-3,7-8,11-12,14-15,24-28,33,36H,4-6,9-10,13,16-17H2,1H3,(H,34,38)/t24-,25-,26-,27+,28+/m0/s1. The third-order valence-electron chi connectivity index (χ3n) is 7.92. The molecule has 2 aliphatic heterocycles. The first kappa shape index (κ1) is 28.2. The van der Waals surface area contributed by atoms with Gasteiger partial charge in [0.05, 0.1) is 32.0 Å². The van der Waals surface area contributed by atoms with E-state index in [9.17, 15) is 23.5 Å². The van der Waals surface area contributed by atoms with Gasteiger partial charge in [0.25, 0.3) is 0 Å². The number of methoxy groups -OCH3 is 1. The second-order valence-electron chi connectivity index (χ2n) is 10.6. The van der Waals surface area contributed by atoms with Gasteiger partial charge in [0.1, 0.15) is 23.4 Å². The highest BCUT2D eigenvalue weighted by Gasteiger charge is 2.36. The lowest BCUT2D eigenvalue weighted by Crippen LogP contribution is -2.55. The maximum atomic E-state index is 14.0. The summed E-state index contributed by atoms with van der Waals surface area (Å²) in [5.74, 6) is -1.29. The van der Waals surface area contributed by atoms with Crippen molar-refractivity contribution in [2.75, 3.05) is 26.8 Å². The number of carbonyl (C=O) groups is 2. The predicted octanol–water partition coefficient (Wildman–Crippen LogP) is 3.10. The molecule has 3 aliphatic rings. The van der Waals surface area contributed by atoms with E-state index in [0.717, 1.165) is 17.2 Å². The summed E-state index contributed by atoms with van der Waals surface area (Å²) in [6.07, 6.45) is 4.38. The molecule has 2 aromatic carbocycles. The minimum Gasteiger partial charge on any atom is -0.497 e. The van der Waals surface area contributed by atoms with E-state index in [-0.39, 0.29) is 37.4 Å². The summed E-state index contributed by atoms with van der Waals surface area (Å²) in [5, 5.41) is 17.6. The van der Waals surface area contributed by atoms with E-state index in [1.807, 2.05) is 30.4 Å². The average molecular weight is 556 g/mol. The minimum atomic E-state index is -1.10. The molecule has 3 N–H and O–H groups in total. The Balaban J connectivity index is 1.44. The van der Waals surface area contributed by atoms with Crippen molar-refractivity contribution in [1.29, 1.82) is 0 Å². The Morgan fingerprint density at radius 1 is 1.10 bits per heavy atom. The summed E-state index contributed by atoms with van der Waals surface area (Å²) >= 11 is 0. The van der Waals surface area contributed by atoms with Crippen LogP contribution in [0.1, 0.15) is 54.5 Å². The lowest BCUT2D eigenvalue weighted by molar-refractivity contribution is -0.138. The lowest BCUT2D eigenvalue weighted by atomic mass is 9.99. The molecule has 2 heterocycles. The highest BCUT2D eigenvalue weighted by atomic mass is 19.1. The number of carbonyl (C=O) groups excluding carboxylic acids is 2. The van der Waals surface area contributed by atoms with Crippen LogP contribution in [0.3, 0.4) is 0 Å². The molecule has 2 amide bonds. The van der Waals surface area contributed by atoms with Gasteiger partial charge in [0, 0.05) is 31.6 Å². The van der Waals surface area contributed by atoms with Crippen molar-refractivity contribution in [3.05, 3.63) is 76.9 Å². The molecule has 10 heteroatoms. The second kappa shape index (κ2) is 12.4. The van der Waals surface area contributed by atoms with Crippen molar-refractivity contribution >= 4 is 11.8 Å².